The first-order chi connectivity index (χ1) is 10.4. The zero-order chi connectivity index (χ0) is 16.2. The van der Waals surface area contributed by atoms with Crippen molar-refractivity contribution in [1.29, 1.82) is 0 Å². The van der Waals surface area contributed by atoms with Gasteiger partial charge in [0.2, 0.25) is 0 Å². The van der Waals surface area contributed by atoms with Crippen molar-refractivity contribution in [2.75, 3.05) is 0 Å². The van der Waals surface area contributed by atoms with Gasteiger partial charge in [-0.05, 0) is 27.2 Å². The van der Waals surface area contributed by atoms with E-state index < -0.39 is 11.9 Å². The summed E-state index contributed by atoms with van der Waals surface area (Å²) in [4.78, 5) is 0. The molecule has 0 spiro atoms. The lowest BCUT2D eigenvalue weighted by Gasteiger charge is -2.40. The molecule has 2 heterocycles. The number of hydrogen-bond donors (Lipinski definition) is 2. The summed E-state index contributed by atoms with van der Waals surface area (Å²) >= 11 is 0. The van der Waals surface area contributed by atoms with Gasteiger partial charge in [-0.25, -0.2) is 0 Å². The molecule has 0 aliphatic carbocycles. The normalized spacial score (nSPS) is 37.2. The van der Waals surface area contributed by atoms with Crippen molar-refractivity contribution in [1.82, 2.24) is 5.32 Å². The zero-order valence-corrected chi connectivity index (χ0v) is 14.8. The summed E-state index contributed by atoms with van der Waals surface area (Å²) in [7, 11) is 0. The summed E-state index contributed by atoms with van der Waals surface area (Å²) < 4.78 is 11.8. The first kappa shape index (κ1) is 18.2. The Balaban J connectivity index is 1.71. The van der Waals surface area contributed by atoms with Crippen molar-refractivity contribution in [3.05, 3.63) is 0 Å². The maximum Gasteiger partial charge on any atom is 0.163 e. The Morgan fingerprint density at radius 2 is 1.55 bits per heavy atom. The lowest BCUT2D eigenvalue weighted by atomic mass is 9.88. The largest absolute Gasteiger partial charge is 0.389 e. The van der Waals surface area contributed by atoms with Crippen molar-refractivity contribution in [2.24, 2.45) is 0 Å². The van der Waals surface area contributed by atoms with Crippen LogP contribution in [0.3, 0.4) is 0 Å². The number of fused-ring (bicyclic) bond motifs is 1. The molecule has 5 atom stereocenters. The van der Waals surface area contributed by atoms with E-state index in [1.165, 1.54) is 44.9 Å². The van der Waals surface area contributed by atoms with Crippen molar-refractivity contribution >= 4 is 0 Å². The molecule has 2 N–H and O–H groups in total. The minimum Gasteiger partial charge on any atom is -0.389 e. The molecule has 0 aromatic heterocycles. The molecule has 130 valence electrons. The van der Waals surface area contributed by atoms with Gasteiger partial charge in [0, 0.05) is 12.1 Å². The van der Waals surface area contributed by atoms with Gasteiger partial charge in [0.15, 0.2) is 5.79 Å². The molecule has 0 aromatic rings. The van der Waals surface area contributed by atoms with Crippen molar-refractivity contribution < 1.29 is 14.6 Å². The molecule has 2 aliphatic heterocycles. The fourth-order valence-electron chi connectivity index (χ4n) is 3.80. The SMILES string of the molecule is CCCCCCCCCC1N[C@H](C)[C@@H]2OC(C)(C)O[C@@H]2[C@H]1O. The van der Waals surface area contributed by atoms with E-state index in [4.69, 9.17) is 9.47 Å². The van der Waals surface area contributed by atoms with Crippen molar-refractivity contribution in [2.45, 2.75) is 115 Å². The number of unbranched alkanes of at least 4 members (excludes halogenated alkanes) is 6. The van der Waals surface area contributed by atoms with Crippen LogP contribution in [0.4, 0.5) is 0 Å². The molecule has 4 heteroatoms. The van der Waals surface area contributed by atoms with E-state index in [1.54, 1.807) is 0 Å². The summed E-state index contributed by atoms with van der Waals surface area (Å²) in [6, 6.07) is 0.356. The van der Waals surface area contributed by atoms with Crippen LogP contribution in [0.15, 0.2) is 0 Å². The summed E-state index contributed by atoms with van der Waals surface area (Å²) in [5.41, 5.74) is 0. The van der Waals surface area contributed by atoms with E-state index in [1.807, 2.05) is 13.8 Å². The highest BCUT2D eigenvalue weighted by Gasteiger charge is 2.52. The Hall–Kier alpha value is -0.160. The second-order valence-corrected chi connectivity index (χ2v) is 7.53. The van der Waals surface area contributed by atoms with Gasteiger partial charge in [-0.1, -0.05) is 51.9 Å². The minimum absolute atomic E-state index is 0.0460. The van der Waals surface area contributed by atoms with Gasteiger partial charge in [0.25, 0.3) is 0 Å². The highest BCUT2D eigenvalue weighted by Crippen LogP contribution is 2.35. The van der Waals surface area contributed by atoms with E-state index in [0.29, 0.717) is 0 Å². The summed E-state index contributed by atoms with van der Waals surface area (Å²) in [5, 5.41) is 14.1. The van der Waals surface area contributed by atoms with Gasteiger partial charge in [0.1, 0.15) is 12.2 Å². The highest BCUT2D eigenvalue weighted by atomic mass is 16.8. The monoisotopic (exact) mass is 313 g/mol. The van der Waals surface area contributed by atoms with E-state index in [-0.39, 0.29) is 24.3 Å². The third-order valence-corrected chi connectivity index (χ3v) is 5.00. The fraction of sp³-hybridized carbons (Fsp3) is 1.00. The molecule has 0 radical (unpaired) electrons. The summed E-state index contributed by atoms with van der Waals surface area (Å²) in [5.74, 6) is -0.583. The molecule has 0 aromatic carbocycles. The number of rotatable bonds is 8. The number of aliphatic hydroxyl groups is 1. The molecule has 2 aliphatic rings. The van der Waals surface area contributed by atoms with Crippen LogP contribution in [-0.2, 0) is 9.47 Å². The molecule has 0 saturated carbocycles. The molecule has 4 nitrogen and oxygen atoms in total. The maximum absolute atomic E-state index is 10.6. The molecule has 1 unspecified atom stereocenters. The van der Waals surface area contributed by atoms with Crippen molar-refractivity contribution in [3.63, 3.8) is 0 Å². The second kappa shape index (κ2) is 8.09. The van der Waals surface area contributed by atoms with Crippen LogP contribution in [0.5, 0.6) is 0 Å². The van der Waals surface area contributed by atoms with E-state index in [9.17, 15) is 5.11 Å². The predicted octanol–water partition coefficient (Wildman–Crippen LogP) is 3.37. The second-order valence-electron chi connectivity index (χ2n) is 7.53. The Morgan fingerprint density at radius 1 is 0.955 bits per heavy atom. The van der Waals surface area contributed by atoms with Gasteiger partial charge in [-0.15, -0.1) is 0 Å². The molecular formula is C18H35NO3. The molecular weight excluding hydrogens is 278 g/mol. The van der Waals surface area contributed by atoms with Gasteiger partial charge >= 0.3 is 0 Å². The van der Waals surface area contributed by atoms with E-state index in [0.717, 1.165) is 6.42 Å². The molecule has 2 rings (SSSR count). The van der Waals surface area contributed by atoms with Crippen molar-refractivity contribution in [3.8, 4) is 0 Å². The van der Waals surface area contributed by atoms with Crippen LogP contribution < -0.4 is 5.32 Å². The van der Waals surface area contributed by atoms with Crippen LogP contribution in [0.1, 0.15) is 79.1 Å². The lowest BCUT2D eigenvalue weighted by molar-refractivity contribution is -0.154. The van der Waals surface area contributed by atoms with E-state index >= 15 is 0 Å². The van der Waals surface area contributed by atoms with Crippen LogP contribution in [0.25, 0.3) is 0 Å². The minimum atomic E-state index is -0.583. The van der Waals surface area contributed by atoms with Gasteiger partial charge in [0.05, 0.1) is 6.10 Å². The summed E-state index contributed by atoms with van der Waals surface area (Å²) in [6.07, 6.45) is 9.44. The smallest absolute Gasteiger partial charge is 0.163 e. The quantitative estimate of drug-likeness (QED) is 0.675. The molecule has 2 fully saturated rings. The molecule has 22 heavy (non-hydrogen) atoms. The molecule has 2 saturated heterocycles. The van der Waals surface area contributed by atoms with Crippen LogP contribution >= 0.6 is 0 Å². The van der Waals surface area contributed by atoms with E-state index in [2.05, 4.69) is 19.2 Å². The van der Waals surface area contributed by atoms with Gasteiger partial charge in [-0.3, -0.25) is 0 Å². The standard InChI is InChI=1S/C18H35NO3/c1-5-6-7-8-9-10-11-12-14-15(20)17-16(13(2)19-14)21-18(3,4)22-17/h13-17,19-20H,5-12H2,1-4H3/t13-,14?,15+,16+,17-/m1/s1. The van der Waals surface area contributed by atoms with Crippen LogP contribution in [0, 0.1) is 0 Å². The van der Waals surface area contributed by atoms with Crippen LogP contribution in [0.2, 0.25) is 0 Å². The Bertz CT molecular complexity index is 334. The number of hydrogen-bond acceptors (Lipinski definition) is 4. The average molecular weight is 313 g/mol. The number of aliphatic hydroxyl groups excluding tert-OH is 1. The third kappa shape index (κ3) is 4.67. The van der Waals surface area contributed by atoms with Crippen LogP contribution in [-0.4, -0.2) is 41.3 Å². The predicted molar refractivity (Wildman–Crippen MR) is 88.8 cm³/mol. The first-order valence-corrected chi connectivity index (χ1v) is 9.24. The third-order valence-electron chi connectivity index (χ3n) is 5.00. The zero-order valence-electron chi connectivity index (χ0n) is 14.8. The highest BCUT2D eigenvalue weighted by molar-refractivity contribution is 5.01. The number of ether oxygens (including phenoxy) is 2. The Labute approximate surface area is 136 Å². The number of nitrogens with one attached hydrogen (secondary N) is 1. The van der Waals surface area contributed by atoms with Gasteiger partial charge in [-0.2, -0.15) is 0 Å². The average Bonchev–Trinajstić information content (AvgIpc) is 2.79. The van der Waals surface area contributed by atoms with Gasteiger partial charge < -0.3 is 19.9 Å². The molecule has 0 bridgehead atoms. The first-order valence-electron chi connectivity index (χ1n) is 9.24. The Kier molecular flexibility index (Phi) is 6.69. The lowest BCUT2D eigenvalue weighted by Crippen LogP contribution is -2.62. The maximum atomic E-state index is 10.6. The summed E-state index contributed by atoms with van der Waals surface area (Å²) in [6.45, 7) is 8.23. The Morgan fingerprint density at radius 3 is 2.23 bits per heavy atom. The molecule has 0 amide bonds. The number of piperidine rings is 1. The fourth-order valence-corrected chi connectivity index (χ4v) is 3.80. The topological polar surface area (TPSA) is 50.7 Å².